The Morgan fingerprint density at radius 3 is 2.53 bits per heavy atom. The molecule has 5 heteroatoms. The van der Waals surface area contributed by atoms with Crippen molar-refractivity contribution in [3.05, 3.63) is 34.9 Å². The SMILES string of the molecule is CCOC(=O)Cc1ccc(C)c(C(F)(F)F)c1. The summed E-state index contributed by atoms with van der Waals surface area (Å²) in [5.74, 6) is -0.524. The third-order valence-electron chi connectivity index (χ3n) is 2.26. The summed E-state index contributed by atoms with van der Waals surface area (Å²) in [6, 6.07) is 3.85. The van der Waals surface area contributed by atoms with Gasteiger partial charge in [-0.2, -0.15) is 13.2 Å². The lowest BCUT2D eigenvalue weighted by molar-refractivity contribution is -0.142. The summed E-state index contributed by atoms with van der Waals surface area (Å²) in [6.45, 7) is 3.25. The van der Waals surface area contributed by atoms with Crippen LogP contribution >= 0.6 is 0 Å². The summed E-state index contributed by atoms with van der Waals surface area (Å²) in [5, 5.41) is 0. The maximum absolute atomic E-state index is 12.6. The van der Waals surface area contributed by atoms with E-state index >= 15 is 0 Å². The Morgan fingerprint density at radius 1 is 1.35 bits per heavy atom. The van der Waals surface area contributed by atoms with Crippen molar-refractivity contribution in [1.82, 2.24) is 0 Å². The largest absolute Gasteiger partial charge is 0.466 e. The molecule has 0 radical (unpaired) electrons. The van der Waals surface area contributed by atoms with Gasteiger partial charge in [-0.3, -0.25) is 4.79 Å². The molecular weight excluding hydrogens is 233 g/mol. The summed E-state index contributed by atoms with van der Waals surface area (Å²) in [5.41, 5.74) is -0.259. The fourth-order valence-corrected chi connectivity index (χ4v) is 1.46. The number of ether oxygens (including phenoxy) is 1. The van der Waals surface area contributed by atoms with Gasteiger partial charge in [-0.05, 0) is 31.0 Å². The highest BCUT2D eigenvalue weighted by atomic mass is 19.4. The molecule has 1 aromatic carbocycles. The van der Waals surface area contributed by atoms with Crippen LogP contribution in [0.15, 0.2) is 18.2 Å². The highest BCUT2D eigenvalue weighted by Crippen LogP contribution is 2.32. The third kappa shape index (κ3) is 3.76. The van der Waals surface area contributed by atoms with Crippen molar-refractivity contribution >= 4 is 5.97 Å². The number of rotatable bonds is 3. The van der Waals surface area contributed by atoms with E-state index in [1.54, 1.807) is 6.92 Å². The zero-order valence-corrected chi connectivity index (χ0v) is 9.60. The second-order valence-electron chi connectivity index (χ2n) is 3.63. The van der Waals surface area contributed by atoms with E-state index in [0.29, 0.717) is 5.56 Å². The van der Waals surface area contributed by atoms with Gasteiger partial charge in [0.25, 0.3) is 0 Å². The summed E-state index contributed by atoms with van der Waals surface area (Å²) < 4.78 is 42.5. The van der Waals surface area contributed by atoms with Gasteiger partial charge in [0.1, 0.15) is 0 Å². The average molecular weight is 246 g/mol. The van der Waals surface area contributed by atoms with Crippen LogP contribution in [0.1, 0.15) is 23.6 Å². The molecule has 0 aromatic heterocycles. The Balaban J connectivity index is 2.93. The Bertz CT molecular complexity index is 411. The first-order chi connectivity index (χ1) is 7.84. The lowest BCUT2D eigenvalue weighted by Crippen LogP contribution is -2.11. The number of benzene rings is 1. The topological polar surface area (TPSA) is 26.3 Å². The standard InChI is InChI=1S/C12H13F3O2/c1-3-17-11(16)7-9-5-4-8(2)10(6-9)12(13,14)15/h4-6H,3,7H2,1-2H3. The fraction of sp³-hybridized carbons (Fsp3) is 0.417. The number of halogens is 3. The van der Waals surface area contributed by atoms with E-state index in [2.05, 4.69) is 4.74 Å². The van der Waals surface area contributed by atoms with Crippen molar-refractivity contribution in [3.63, 3.8) is 0 Å². The van der Waals surface area contributed by atoms with E-state index in [9.17, 15) is 18.0 Å². The van der Waals surface area contributed by atoms with Crippen molar-refractivity contribution in [2.45, 2.75) is 26.4 Å². The minimum absolute atomic E-state index is 0.142. The zero-order valence-electron chi connectivity index (χ0n) is 9.60. The maximum Gasteiger partial charge on any atom is 0.416 e. The van der Waals surface area contributed by atoms with Gasteiger partial charge in [-0.1, -0.05) is 12.1 Å². The molecule has 1 rings (SSSR count). The number of carbonyl (C=O) groups excluding carboxylic acids is 1. The molecule has 1 aromatic rings. The van der Waals surface area contributed by atoms with E-state index in [4.69, 9.17) is 0 Å². The lowest BCUT2D eigenvalue weighted by Gasteiger charge is -2.11. The van der Waals surface area contributed by atoms with Gasteiger partial charge < -0.3 is 4.74 Å². The van der Waals surface area contributed by atoms with Crippen LogP contribution in [0, 0.1) is 6.92 Å². The first kappa shape index (κ1) is 13.5. The van der Waals surface area contributed by atoms with Gasteiger partial charge in [0.2, 0.25) is 0 Å². The zero-order chi connectivity index (χ0) is 13.1. The van der Waals surface area contributed by atoms with Crippen molar-refractivity contribution in [1.29, 1.82) is 0 Å². The molecule has 0 N–H and O–H groups in total. The van der Waals surface area contributed by atoms with Gasteiger partial charge >= 0.3 is 12.1 Å². The van der Waals surface area contributed by atoms with Crippen LogP contribution in [-0.4, -0.2) is 12.6 Å². The van der Waals surface area contributed by atoms with Crippen LogP contribution in [0.3, 0.4) is 0 Å². The molecule has 0 unspecified atom stereocenters. The summed E-state index contributed by atoms with van der Waals surface area (Å²) in [4.78, 5) is 11.2. The molecule has 0 aliphatic heterocycles. The monoisotopic (exact) mass is 246 g/mol. The highest BCUT2D eigenvalue weighted by Gasteiger charge is 2.32. The molecule has 94 valence electrons. The molecule has 0 fully saturated rings. The summed E-state index contributed by atoms with van der Waals surface area (Å²) >= 11 is 0. The Morgan fingerprint density at radius 2 is 2.00 bits per heavy atom. The number of hydrogen-bond donors (Lipinski definition) is 0. The van der Waals surface area contributed by atoms with Crippen LogP contribution in [0.25, 0.3) is 0 Å². The molecule has 0 saturated carbocycles. The predicted molar refractivity (Wildman–Crippen MR) is 56.5 cm³/mol. The van der Waals surface area contributed by atoms with E-state index in [-0.39, 0.29) is 18.6 Å². The van der Waals surface area contributed by atoms with Crippen molar-refractivity contribution in [3.8, 4) is 0 Å². The second kappa shape index (κ2) is 5.21. The average Bonchev–Trinajstić information content (AvgIpc) is 2.19. The maximum atomic E-state index is 12.6. The minimum atomic E-state index is -4.39. The van der Waals surface area contributed by atoms with E-state index in [1.807, 2.05) is 0 Å². The molecular formula is C12H13F3O2. The Labute approximate surface area is 97.4 Å². The van der Waals surface area contributed by atoms with Crippen molar-refractivity contribution in [2.24, 2.45) is 0 Å². The molecule has 0 saturated heterocycles. The molecule has 0 bridgehead atoms. The number of carbonyl (C=O) groups is 1. The lowest BCUT2D eigenvalue weighted by atomic mass is 10.0. The van der Waals surface area contributed by atoms with Crippen LogP contribution in [0.4, 0.5) is 13.2 Å². The molecule has 0 heterocycles. The quantitative estimate of drug-likeness (QED) is 0.766. The highest BCUT2D eigenvalue weighted by molar-refractivity contribution is 5.72. The summed E-state index contributed by atoms with van der Waals surface area (Å²) in [7, 11) is 0. The van der Waals surface area contributed by atoms with E-state index in [1.165, 1.54) is 19.1 Å². The number of alkyl halides is 3. The van der Waals surface area contributed by atoms with Crippen LogP contribution < -0.4 is 0 Å². The number of esters is 1. The van der Waals surface area contributed by atoms with Crippen LogP contribution in [0.5, 0.6) is 0 Å². The first-order valence-corrected chi connectivity index (χ1v) is 5.17. The number of aryl methyl sites for hydroxylation is 1. The smallest absolute Gasteiger partial charge is 0.416 e. The molecule has 2 nitrogen and oxygen atoms in total. The van der Waals surface area contributed by atoms with Crippen molar-refractivity contribution < 1.29 is 22.7 Å². The predicted octanol–water partition coefficient (Wildman–Crippen LogP) is 3.12. The minimum Gasteiger partial charge on any atom is -0.466 e. The Kier molecular flexibility index (Phi) is 4.15. The molecule has 0 amide bonds. The van der Waals surface area contributed by atoms with E-state index < -0.39 is 17.7 Å². The van der Waals surface area contributed by atoms with Gasteiger partial charge in [-0.15, -0.1) is 0 Å². The van der Waals surface area contributed by atoms with Gasteiger partial charge in [0.05, 0.1) is 18.6 Å². The fourth-order valence-electron chi connectivity index (χ4n) is 1.46. The van der Waals surface area contributed by atoms with Crippen molar-refractivity contribution in [2.75, 3.05) is 6.61 Å². The second-order valence-corrected chi connectivity index (χ2v) is 3.63. The Hall–Kier alpha value is -1.52. The van der Waals surface area contributed by atoms with Gasteiger partial charge in [0.15, 0.2) is 0 Å². The molecule has 17 heavy (non-hydrogen) atoms. The van der Waals surface area contributed by atoms with Gasteiger partial charge in [-0.25, -0.2) is 0 Å². The van der Waals surface area contributed by atoms with Crippen LogP contribution in [0.2, 0.25) is 0 Å². The molecule has 0 aliphatic carbocycles. The third-order valence-corrected chi connectivity index (χ3v) is 2.26. The van der Waals surface area contributed by atoms with E-state index in [0.717, 1.165) is 6.07 Å². The van der Waals surface area contributed by atoms with Gasteiger partial charge in [0, 0.05) is 0 Å². The van der Waals surface area contributed by atoms with Crippen LogP contribution in [-0.2, 0) is 22.1 Å². The molecule has 0 aliphatic rings. The molecule has 0 atom stereocenters. The molecule has 0 spiro atoms. The normalized spacial score (nSPS) is 11.4. The number of hydrogen-bond acceptors (Lipinski definition) is 2. The summed E-state index contributed by atoms with van der Waals surface area (Å²) in [6.07, 6.45) is -4.54. The first-order valence-electron chi connectivity index (χ1n) is 5.17.